The van der Waals surface area contributed by atoms with Gasteiger partial charge in [0.1, 0.15) is 17.7 Å². The highest BCUT2D eigenvalue weighted by molar-refractivity contribution is 7.18. The van der Waals surface area contributed by atoms with Crippen molar-refractivity contribution in [2.24, 2.45) is 0 Å². The maximum Gasteiger partial charge on any atom is 0.312 e. The molecule has 2 heterocycles. The number of thiophene rings is 1. The highest BCUT2D eigenvalue weighted by atomic mass is 32.1. The smallest absolute Gasteiger partial charge is 0.312 e. The number of nitrogens with one attached hydrogen (secondary N) is 1. The van der Waals surface area contributed by atoms with Crippen LogP contribution in [0.4, 0.5) is 5.69 Å². The van der Waals surface area contributed by atoms with E-state index in [2.05, 4.69) is 18.8 Å². The number of rotatable bonds is 8. The molecule has 0 fully saturated rings. The summed E-state index contributed by atoms with van der Waals surface area (Å²) in [5.74, 6) is 0.991. The number of nitro groups is 1. The number of fused-ring (bicyclic) bond motifs is 1. The zero-order valence-corrected chi connectivity index (χ0v) is 17.6. The molecule has 0 spiro atoms. The number of nitro benzene ring substituents is 1. The lowest BCUT2D eigenvalue weighted by atomic mass is 10.2. The average molecular weight is 415 g/mol. The van der Waals surface area contributed by atoms with Gasteiger partial charge in [-0.3, -0.25) is 14.9 Å². The molecule has 0 unspecified atom stereocenters. The molecule has 152 valence electrons. The fourth-order valence-electron chi connectivity index (χ4n) is 3.07. The minimum absolute atomic E-state index is 0.0463. The maximum atomic E-state index is 11.5. The van der Waals surface area contributed by atoms with Gasteiger partial charge in [-0.15, -0.1) is 11.3 Å². The van der Waals surface area contributed by atoms with Gasteiger partial charge in [-0.25, -0.2) is 4.98 Å². The number of carbonyl (C=O) groups excluding carboxylic acids is 1. The molecule has 29 heavy (non-hydrogen) atoms. The Morgan fingerprint density at radius 3 is 2.59 bits per heavy atom. The molecule has 0 radical (unpaired) electrons. The van der Waals surface area contributed by atoms with Crippen LogP contribution in [0.2, 0.25) is 0 Å². The SMILES string of the molecule is CC[NH+](CC)Cc1nc(Oc2ccc(C=O)cc2[N+](=O)[O-])c2c(C)c(C)sc2n1. The summed E-state index contributed by atoms with van der Waals surface area (Å²) in [5, 5.41) is 12.2. The molecular formula is C20H23N4O4S+. The maximum absolute atomic E-state index is 11.5. The molecule has 0 bridgehead atoms. The highest BCUT2D eigenvalue weighted by Crippen LogP contribution is 2.38. The second-order valence-electron chi connectivity index (χ2n) is 6.75. The molecule has 0 amide bonds. The van der Waals surface area contributed by atoms with E-state index in [1.807, 2.05) is 13.8 Å². The number of quaternary nitrogens is 1. The lowest BCUT2D eigenvalue weighted by Crippen LogP contribution is -3.10. The van der Waals surface area contributed by atoms with Crippen LogP contribution < -0.4 is 9.64 Å². The van der Waals surface area contributed by atoms with E-state index in [0.29, 0.717) is 24.5 Å². The normalized spacial score (nSPS) is 11.2. The molecule has 8 nitrogen and oxygen atoms in total. The van der Waals surface area contributed by atoms with E-state index in [4.69, 9.17) is 9.72 Å². The summed E-state index contributed by atoms with van der Waals surface area (Å²) in [6.45, 7) is 10.7. The van der Waals surface area contributed by atoms with Gasteiger partial charge < -0.3 is 9.64 Å². The quantitative estimate of drug-likeness (QED) is 0.344. The zero-order chi connectivity index (χ0) is 21.1. The number of hydrogen-bond donors (Lipinski definition) is 1. The first-order valence-electron chi connectivity index (χ1n) is 9.39. The minimum atomic E-state index is -0.562. The van der Waals surface area contributed by atoms with E-state index in [-0.39, 0.29) is 17.0 Å². The van der Waals surface area contributed by atoms with Gasteiger partial charge in [0.25, 0.3) is 0 Å². The average Bonchev–Trinajstić information content (AvgIpc) is 3.00. The van der Waals surface area contributed by atoms with Gasteiger partial charge in [0.15, 0.2) is 5.82 Å². The molecule has 1 aromatic carbocycles. The Morgan fingerprint density at radius 1 is 1.24 bits per heavy atom. The second kappa shape index (κ2) is 8.62. The van der Waals surface area contributed by atoms with Crippen LogP contribution >= 0.6 is 11.3 Å². The number of hydrogen-bond acceptors (Lipinski definition) is 7. The summed E-state index contributed by atoms with van der Waals surface area (Å²) < 4.78 is 5.96. The van der Waals surface area contributed by atoms with Crippen LogP contribution in [0.3, 0.4) is 0 Å². The van der Waals surface area contributed by atoms with Crippen molar-refractivity contribution in [3.8, 4) is 11.6 Å². The zero-order valence-electron chi connectivity index (χ0n) is 16.8. The molecule has 3 aromatic rings. The Labute approximate surface area is 172 Å². The highest BCUT2D eigenvalue weighted by Gasteiger charge is 2.22. The summed E-state index contributed by atoms with van der Waals surface area (Å²) in [6.07, 6.45) is 0.566. The number of aromatic nitrogens is 2. The van der Waals surface area contributed by atoms with Crippen LogP contribution in [-0.2, 0) is 6.54 Å². The van der Waals surface area contributed by atoms with Crippen molar-refractivity contribution < 1.29 is 19.4 Å². The summed E-state index contributed by atoms with van der Waals surface area (Å²) in [5.41, 5.74) is 0.932. The summed E-state index contributed by atoms with van der Waals surface area (Å²) in [6, 6.07) is 4.12. The Morgan fingerprint density at radius 2 is 1.97 bits per heavy atom. The lowest BCUT2D eigenvalue weighted by Gasteiger charge is -2.15. The van der Waals surface area contributed by atoms with Crippen molar-refractivity contribution >= 4 is 33.5 Å². The molecule has 1 N–H and O–H groups in total. The molecule has 0 aliphatic rings. The van der Waals surface area contributed by atoms with Crippen LogP contribution in [0.15, 0.2) is 18.2 Å². The van der Waals surface area contributed by atoms with E-state index >= 15 is 0 Å². The predicted molar refractivity (Wildman–Crippen MR) is 111 cm³/mol. The fourth-order valence-corrected chi connectivity index (χ4v) is 4.11. The van der Waals surface area contributed by atoms with Crippen LogP contribution in [0.5, 0.6) is 11.6 Å². The number of carbonyl (C=O) groups is 1. The van der Waals surface area contributed by atoms with Crippen molar-refractivity contribution in [3.63, 3.8) is 0 Å². The van der Waals surface area contributed by atoms with E-state index in [9.17, 15) is 14.9 Å². The van der Waals surface area contributed by atoms with Crippen LogP contribution in [-0.4, -0.2) is 34.3 Å². The number of benzene rings is 1. The Balaban J connectivity index is 2.13. The van der Waals surface area contributed by atoms with Crippen molar-refractivity contribution in [2.45, 2.75) is 34.2 Å². The number of ether oxygens (including phenoxy) is 1. The number of nitrogens with zero attached hydrogens (tertiary/aromatic N) is 3. The summed E-state index contributed by atoms with van der Waals surface area (Å²) in [7, 11) is 0. The van der Waals surface area contributed by atoms with Gasteiger partial charge in [0.05, 0.1) is 23.4 Å². The van der Waals surface area contributed by atoms with Gasteiger partial charge in [-0.2, -0.15) is 4.98 Å². The van der Waals surface area contributed by atoms with Gasteiger partial charge >= 0.3 is 5.69 Å². The van der Waals surface area contributed by atoms with Gasteiger partial charge in [0.2, 0.25) is 11.6 Å². The Bertz CT molecular complexity index is 1080. The van der Waals surface area contributed by atoms with Gasteiger partial charge in [0, 0.05) is 16.5 Å². The Hall–Kier alpha value is -2.91. The van der Waals surface area contributed by atoms with Crippen LogP contribution in [0.25, 0.3) is 10.2 Å². The number of aryl methyl sites for hydroxylation is 2. The molecule has 0 atom stereocenters. The molecule has 9 heteroatoms. The van der Waals surface area contributed by atoms with E-state index in [0.717, 1.165) is 33.7 Å². The van der Waals surface area contributed by atoms with Gasteiger partial charge in [-0.1, -0.05) is 0 Å². The molecule has 0 aliphatic heterocycles. The fraction of sp³-hybridized carbons (Fsp3) is 0.350. The predicted octanol–water partition coefficient (Wildman–Crippen LogP) is 3.25. The molecule has 0 aliphatic carbocycles. The third-order valence-corrected chi connectivity index (χ3v) is 6.07. The molecule has 0 saturated carbocycles. The minimum Gasteiger partial charge on any atom is -0.431 e. The largest absolute Gasteiger partial charge is 0.431 e. The van der Waals surface area contributed by atoms with Crippen molar-refractivity contribution in [1.82, 2.24) is 9.97 Å². The van der Waals surface area contributed by atoms with Gasteiger partial charge in [-0.05, 0) is 45.4 Å². The summed E-state index contributed by atoms with van der Waals surface area (Å²) in [4.78, 5) is 34.4. The standard InChI is InChI=1S/C20H22N4O4S/c1-5-23(6-2)10-17-21-19(18-12(3)13(4)29-20(18)22-17)28-16-8-7-14(11-25)9-15(16)24(26)27/h7-9,11H,5-6,10H2,1-4H3/p+1. The van der Waals surface area contributed by atoms with Crippen molar-refractivity contribution in [3.05, 3.63) is 50.1 Å². The summed E-state index contributed by atoms with van der Waals surface area (Å²) >= 11 is 1.56. The third-order valence-electron chi connectivity index (χ3n) is 4.97. The second-order valence-corrected chi connectivity index (χ2v) is 7.95. The molecule has 2 aromatic heterocycles. The Kier molecular flexibility index (Phi) is 6.19. The van der Waals surface area contributed by atoms with Crippen molar-refractivity contribution in [2.75, 3.05) is 13.1 Å². The molecular weight excluding hydrogens is 392 g/mol. The first-order chi connectivity index (χ1) is 13.9. The van der Waals surface area contributed by atoms with E-state index < -0.39 is 4.92 Å². The monoisotopic (exact) mass is 415 g/mol. The number of aldehydes is 1. The van der Waals surface area contributed by atoms with Crippen LogP contribution in [0.1, 0.15) is 40.5 Å². The first-order valence-corrected chi connectivity index (χ1v) is 10.2. The molecule has 3 rings (SSSR count). The van der Waals surface area contributed by atoms with E-state index in [1.54, 1.807) is 11.3 Å². The first kappa shape index (κ1) is 20.8. The van der Waals surface area contributed by atoms with Crippen molar-refractivity contribution in [1.29, 1.82) is 0 Å². The molecule has 0 saturated heterocycles. The topological polar surface area (TPSA) is 99.7 Å². The third kappa shape index (κ3) is 4.25. The van der Waals surface area contributed by atoms with Crippen LogP contribution in [0, 0.1) is 24.0 Å². The lowest BCUT2D eigenvalue weighted by molar-refractivity contribution is -0.910. The van der Waals surface area contributed by atoms with E-state index in [1.165, 1.54) is 23.1 Å².